The van der Waals surface area contributed by atoms with E-state index in [0.717, 1.165) is 11.3 Å². The molecule has 1 aromatic carbocycles. The molecular formula is C16H24N2O2. The second kappa shape index (κ2) is 6.98. The van der Waals surface area contributed by atoms with E-state index in [1.165, 1.54) is 5.56 Å². The number of urea groups is 1. The van der Waals surface area contributed by atoms with Crippen LogP contribution in [0, 0.1) is 6.92 Å². The maximum Gasteiger partial charge on any atom is 0.317 e. The van der Waals surface area contributed by atoms with Crippen LogP contribution in [0.3, 0.4) is 0 Å². The third-order valence-corrected chi connectivity index (χ3v) is 2.81. The Balaban J connectivity index is 2.64. The zero-order valence-electron chi connectivity index (χ0n) is 12.7. The molecule has 0 aliphatic heterocycles. The summed E-state index contributed by atoms with van der Waals surface area (Å²) in [6, 6.07) is 5.80. The van der Waals surface area contributed by atoms with Gasteiger partial charge in [-0.05, 0) is 24.0 Å². The van der Waals surface area contributed by atoms with Crippen LogP contribution in [0.5, 0.6) is 5.75 Å². The Hall–Kier alpha value is -1.97. The number of amides is 2. The minimum Gasteiger partial charge on any atom is -0.473 e. The summed E-state index contributed by atoms with van der Waals surface area (Å²) in [5.41, 5.74) is 2.32. The number of hydrogen-bond donors (Lipinski definition) is 2. The molecule has 0 spiro atoms. The van der Waals surface area contributed by atoms with Crippen molar-refractivity contribution in [2.24, 2.45) is 0 Å². The molecule has 4 nitrogen and oxygen atoms in total. The molecule has 0 heterocycles. The minimum atomic E-state index is -0.269. The van der Waals surface area contributed by atoms with Gasteiger partial charge in [-0.1, -0.05) is 44.5 Å². The van der Waals surface area contributed by atoms with Gasteiger partial charge in [-0.15, -0.1) is 6.58 Å². The van der Waals surface area contributed by atoms with Crippen molar-refractivity contribution < 1.29 is 9.53 Å². The first-order chi connectivity index (χ1) is 9.34. The van der Waals surface area contributed by atoms with Crippen LogP contribution >= 0.6 is 0 Å². The Labute approximate surface area is 121 Å². The standard InChI is InChI=1S/C16H24N2O2/c1-6-9-17-15(19)18-11-20-14-8-7-12(2)10-13(14)16(3,4)5/h6-8,10H,1,9,11H2,2-5H3,(H2,17,18,19). The molecule has 0 bridgehead atoms. The third kappa shape index (κ3) is 4.96. The summed E-state index contributed by atoms with van der Waals surface area (Å²) in [6.45, 7) is 12.6. The fraction of sp³-hybridized carbons (Fsp3) is 0.438. The number of carbonyl (C=O) groups is 1. The van der Waals surface area contributed by atoms with Gasteiger partial charge < -0.3 is 15.4 Å². The van der Waals surface area contributed by atoms with Crippen molar-refractivity contribution in [3.63, 3.8) is 0 Å². The lowest BCUT2D eigenvalue weighted by molar-refractivity contribution is 0.224. The van der Waals surface area contributed by atoms with Gasteiger partial charge in [0.15, 0.2) is 6.73 Å². The van der Waals surface area contributed by atoms with Gasteiger partial charge in [0.25, 0.3) is 0 Å². The molecule has 0 aliphatic rings. The molecular weight excluding hydrogens is 252 g/mol. The summed E-state index contributed by atoms with van der Waals surface area (Å²) in [6.07, 6.45) is 1.62. The zero-order valence-corrected chi connectivity index (χ0v) is 12.7. The van der Waals surface area contributed by atoms with Crippen molar-refractivity contribution >= 4 is 6.03 Å². The smallest absolute Gasteiger partial charge is 0.317 e. The molecule has 0 saturated heterocycles. The number of benzene rings is 1. The maximum atomic E-state index is 11.4. The van der Waals surface area contributed by atoms with E-state index in [0.29, 0.717) is 6.54 Å². The quantitative estimate of drug-likeness (QED) is 0.641. The van der Waals surface area contributed by atoms with Crippen molar-refractivity contribution in [1.82, 2.24) is 10.6 Å². The molecule has 0 radical (unpaired) electrons. The molecule has 0 atom stereocenters. The van der Waals surface area contributed by atoms with E-state index >= 15 is 0 Å². The van der Waals surface area contributed by atoms with Crippen molar-refractivity contribution in [1.29, 1.82) is 0 Å². The molecule has 2 N–H and O–H groups in total. The van der Waals surface area contributed by atoms with Crippen molar-refractivity contribution in [2.75, 3.05) is 13.3 Å². The average molecular weight is 276 g/mol. The van der Waals surface area contributed by atoms with Crippen molar-refractivity contribution in [3.05, 3.63) is 42.0 Å². The minimum absolute atomic E-state index is 0.00749. The molecule has 0 unspecified atom stereocenters. The van der Waals surface area contributed by atoms with Crippen LogP contribution in [0.25, 0.3) is 0 Å². The van der Waals surface area contributed by atoms with Crippen LogP contribution in [0.1, 0.15) is 31.9 Å². The van der Waals surface area contributed by atoms with Gasteiger partial charge in [-0.3, -0.25) is 0 Å². The van der Waals surface area contributed by atoms with Crippen LogP contribution in [-0.2, 0) is 5.41 Å². The van der Waals surface area contributed by atoms with Gasteiger partial charge in [0.2, 0.25) is 0 Å². The van der Waals surface area contributed by atoms with Gasteiger partial charge in [0.1, 0.15) is 5.75 Å². The van der Waals surface area contributed by atoms with E-state index in [2.05, 4.69) is 51.0 Å². The summed E-state index contributed by atoms with van der Waals surface area (Å²) in [7, 11) is 0. The van der Waals surface area contributed by atoms with Crippen LogP contribution in [0.2, 0.25) is 0 Å². The van der Waals surface area contributed by atoms with E-state index in [9.17, 15) is 4.79 Å². The molecule has 110 valence electrons. The Morgan fingerprint density at radius 2 is 2.05 bits per heavy atom. The Kier molecular flexibility index (Phi) is 5.62. The third-order valence-electron chi connectivity index (χ3n) is 2.81. The molecule has 0 aliphatic carbocycles. The van der Waals surface area contributed by atoms with Crippen LogP contribution < -0.4 is 15.4 Å². The first-order valence-electron chi connectivity index (χ1n) is 6.71. The number of aryl methyl sites for hydroxylation is 1. The highest BCUT2D eigenvalue weighted by atomic mass is 16.5. The Bertz CT molecular complexity index is 476. The van der Waals surface area contributed by atoms with Crippen LogP contribution in [-0.4, -0.2) is 19.3 Å². The molecule has 2 amide bonds. The lowest BCUT2D eigenvalue weighted by atomic mass is 9.85. The van der Waals surface area contributed by atoms with E-state index in [-0.39, 0.29) is 18.2 Å². The van der Waals surface area contributed by atoms with Gasteiger partial charge in [0.05, 0.1) is 0 Å². The molecule has 20 heavy (non-hydrogen) atoms. The normalized spacial score (nSPS) is 10.8. The summed E-state index contributed by atoms with van der Waals surface area (Å²) in [5, 5.41) is 5.26. The van der Waals surface area contributed by atoms with E-state index in [1.807, 2.05) is 12.1 Å². The number of rotatable bonds is 5. The monoisotopic (exact) mass is 276 g/mol. The highest BCUT2D eigenvalue weighted by molar-refractivity contribution is 5.73. The van der Waals surface area contributed by atoms with Crippen molar-refractivity contribution in [2.45, 2.75) is 33.1 Å². The van der Waals surface area contributed by atoms with Gasteiger partial charge in [0, 0.05) is 6.54 Å². The van der Waals surface area contributed by atoms with E-state index in [1.54, 1.807) is 6.08 Å². The fourth-order valence-electron chi connectivity index (χ4n) is 1.76. The number of hydrogen-bond acceptors (Lipinski definition) is 2. The van der Waals surface area contributed by atoms with E-state index < -0.39 is 0 Å². The fourth-order valence-corrected chi connectivity index (χ4v) is 1.76. The topological polar surface area (TPSA) is 50.4 Å². The molecule has 0 saturated carbocycles. The highest BCUT2D eigenvalue weighted by Gasteiger charge is 2.19. The Morgan fingerprint density at radius 1 is 1.35 bits per heavy atom. The van der Waals surface area contributed by atoms with Crippen molar-refractivity contribution in [3.8, 4) is 5.75 Å². The number of carbonyl (C=O) groups excluding carboxylic acids is 1. The predicted octanol–water partition coefficient (Wildman–Crippen LogP) is 3.11. The molecule has 1 rings (SSSR count). The first-order valence-corrected chi connectivity index (χ1v) is 6.71. The summed E-state index contributed by atoms with van der Waals surface area (Å²) >= 11 is 0. The second-order valence-electron chi connectivity index (χ2n) is 5.71. The second-order valence-corrected chi connectivity index (χ2v) is 5.71. The molecule has 0 fully saturated rings. The number of nitrogens with one attached hydrogen (secondary N) is 2. The van der Waals surface area contributed by atoms with E-state index in [4.69, 9.17) is 4.74 Å². The summed E-state index contributed by atoms with van der Waals surface area (Å²) in [5.74, 6) is 0.798. The SMILES string of the molecule is C=CCNC(=O)NCOc1ccc(C)cc1C(C)(C)C. The summed E-state index contributed by atoms with van der Waals surface area (Å²) in [4.78, 5) is 11.4. The Morgan fingerprint density at radius 3 is 2.65 bits per heavy atom. The lowest BCUT2D eigenvalue weighted by Crippen LogP contribution is -2.37. The predicted molar refractivity (Wildman–Crippen MR) is 82.1 cm³/mol. The van der Waals surface area contributed by atoms with Gasteiger partial charge in [-0.2, -0.15) is 0 Å². The lowest BCUT2D eigenvalue weighted by Gasteiger charge is -2.23. The largest absolute Gasteiger partial charge is 0.473 e. The maximum absolute atomic E-state index is 11.4. The average Bonchev–Trinajstić information content (AvgIpc) is 2.37. The van der Waals surface area contributed by atoms with Gasteiger partial charge in [-0.25, -0.2) is 4.79 Å². The number of ether oxygens (including phenoxy) is 1. The first kappa shape index (κ1) is 16.1. The van der Waals surface area contributed by atoms with Gasteiger partial charge >= 0.3 is 6.03 Å². The summed E-state index contributed by atoms with van der Waals surface area (Å²) < 4.78 is 5.67. The molecule has 4 heteroatoms. The van der Waals surface area contributed by atoms with Crippen LogP contribution in [0.4, 0.5) is 4.79 Å². The molecule has 0 aromatic heterocycles. The van der Waals surface area contributed by atoms with Crippen LogP contribution in [0.15, 0.2) is 30.9 Å². The molecule has 1 aromatic rings. The zero-order chi connectivity index (χ0) is 15.2. The highest BCUT2D eigenvalue weighted by Crippen LogP contribution is 2.31.